The van der Waals surface area contributed by atoms with E-state index in [1.165, 1.54) is 5.56 Å². The summed E-state index contributed by atoms with van der Waals surface area (Å²) in [5.41, 5.74) is 1.29. The molecule has 0 N–H and O–H groups in total. The minimum absolute atomic E-state index is 0.0186. The van der Waals surface area contributed by atoms with Gasteiger partial charge in [-0.25, -0.2) is 0 Å². The third-order valence-corrected chi connectivity index (χ3v) is 5.73. The van der Waals surface area contributed by atoms with Gasteiger partial charge >= 0.3 is 0 Å². The lowest BCUT2D eigenvalue weighted by molar-refractivity contribution is -0.134. The topological polar surface area (TPSA) is 54.9 Å². The first kappa shape index (κ1) is 18.3. The Balaban J connectivity index is 1.63. The molecule has 25 heavy (non-hydrogen) atoms. The van der Waals surface area contributed by atoms with Gasteiger partial charge in [0.15, 0.2) is 0 Å². The van der Waals surface area contributed by atoms with Gasteiger partial charge in [0.2, 0.25) is 5.91 Å². The molecule has 6 heteroatoms. The number of piperidine rings is 1. The second-order valence-corrected chi connectivity index (χ2v) is 7.26. The largest absolute Gasteiger partial charge is 0.384 e. The maximum Gasteiger partial charge on any atom is 0.228 e. The quantitative estimate of drug-likeness (QED) is 0.747. The summed E-state index contributed by atoms with van der Waals surface area (Å²) >= 11 is 0. The molecule has 3 rings (SSSR count). The summed E-state index contributed by atoms with van der Waals surface area (Å²) in [5, 5.41) is 0. The first-order valence-corrected chi connectivity index (χ1v) is 9.06. The van der Waals surface area contributed by atoms with Crippen molar-refractivity contribution in [2.45, 2.75) is 19.4 Å². The number of nitrogens with zero attached hydrogens (tertiary/aromatic N) is 3. The molecule has 1 atom stereocenters. The summed E-state index contributed by atoms with van der Waals surface area (Å²) in [6, 6.07) is 4.11. The second-order valence-electron chi connectivity index (χ2n) is 7.26. The molecule has 1 aromatic heterocycles. The van der Waals surface area contributed by atoms with Crippen LogP contribution in [-0.4, -0.2) is 74.3 Å². The van der Waals surface area contributed by atoms with Gasteiger partial charge in [0.25, 0.3) is 0 Å². The molecule has 2 saturated heterocycles. The molecule has 138 valence electrons. The molecule has 1 spiro atoms. The standard InChI is InChI=1S/C19H29N3O3/c1-24-11-10-22-15-19(17(14-25-2)18(22)23)5-8-21(9-6-19)13-16-4-3-7-20-12-16/h3-4,7,12,17H,5-6,8-11,13-15H2,1-2H3. The lowest BCUT2D eigenvalue weighted by atomic mass is 9.71. The molecule has 2 fully saturated rings. The molecular weight excluding hydrogens is 318 g/mol. The minimum atomic E-state index is -0.0186. The smallest absolute Gasteiger partial charge is 0.228 e. The number of amides is 1. The van der Waals surface area contributed by atoms with E-state index in [2.05, 4.69) is 16.0 Å². The molecule has 0 bridgehead atoms. The van der Waals surface area contributed by atoms with Crippen LogP contribution < -0.4 is 0 Å². The Bertz CT molecular complexity index is 558. The van der Waals surface area contributed by atoms with Crippen LogP contribution in [0.1, 0.15) is 18.4 Å². The molecule has 0 saturated carbocycles. The molecule has 1 aromatic rings. The van der Waals surface area contributed by atoms with Gasteiger partial charge in [-0.05, 0) is 37.6 Å². The maximum atomic E-state index is 12.8. The SMILES string of the molecule is COCCN1CC2(CCN(Cc3cccnc3)CC2)C(COC)C1=O. The van der Waals surface area contributed by atoms with Crippen molar-refractivity contribution in [3.63, 3.8) is 0 Å². The Morgan fingerprint density at radius 3 is 2.72 bits per heavy atom. The van der Waals surface area contributed by atoms with E-state index in [0.717, 1.165) is 39.0 Å². The van der Waals surface area contributed by atoms with E-state index in [1.54, 1.807) is 14.2 Å². The van der Waals surface area contributed by atoms with Crippen LogP contribution in [0.4, 0.5) is 0 Å². The average molecular weight is 347 g/mol. The Morgan fingerprint density at radius 2 is 2.08 bits per heavy atom. The van der Waals surface area contributed by atoms with E-state index in [9.17, 15) is 4.79 Å². The Kier molecular flexibility index (Phi) is 6.04. The minimum Gasteiger partial charge on any atom is -0.384 e. The number of carbonyl (C=O) groups is 1. The molecule has 2 aliphatic rings. The average Bonchev–Trinajstić information content (AvgIpc) is 2.89. The zero-order valence-electron chi connectivity index (χ0n) is 15.3. The summed E-state index contributed by atoms with van der Waals surface area (Å²) in [6.07, 6.45) is 5.82. The van der Waals surface area contributed by atoms with Crippen molar-refractivity contribution >= 4 is 5.91 Å². The number of ether oxygens (including phenoxy) is 2. The molecule has 1 unspecified atom stereocenters. The van der Waals surface area contributed by atoms with Crippen molar-refractivity contribution in [1.82, 2.24) is 14.8 Å². The maximum absolute atomic E-state index is 12.8. The summed E-state index contributed by atoms with van der Waals surface area (Å²) in [5.74, 6) is 0.217. The molecule has 2 aliphatic heterocycles. The fourth-order valence-corrected chi connectivity index (χ4v) is 4.27. The Hall–Kier alpha value is -1.50. The van der Waals surface area contributed by atoms with E-state index in [-0.39, 0.29) is 17.2 Å². The number of pyridine rings is 1. The van der Waals surface area contributed by atoms with Crippen LogP contribution in [0.2, 0.25) is 0 Å². The van der Waals surface area contributed by atoms with E-state index in [4.69, 9.17) is 9.47 Å². The van der Waals surface area contributed by atoms with Crippen LogP contribution in [0.3, 0.4) is 0 Å². The normalized spacial score (nSPS) is 23.5. The van der Waals surface area contributed by atoms with Crippen LogP contribution in [0, 0.1) is 11.3 Å². The summed E-state index contributed by atoms with van der Waals surface area (Å²) in [7, 11) is 3.37. The van der Waals surface area contributed by atoms with Crippen LogP contribution >= 0.6 is 0 Å². The van der Waals surface area contributed by atoms with E-state index >= 15 is 0 Å². The second kappa shape index (κ2) is 8.25. The number of likely N-dealkylation sites (tertiary alicyclic amines) is 2. The van der Waals surface area contributed by atoms with Gasteiger partial charge in [-0.3, -0.25) is 14.7 Å². The molecule has 0 radical (unpaired) electrons. The van der Waals surface area contributed by atoms with Crippen LogP contribution in [0.15, 0.2) is 24.5 Å². The lowest BCUT2D eigenvalue weighted by Gasteiger charge is -2.41. The number of methoxy groups -OCH3 is 2. The highest BCUT2D eigenvalue weighted by Crippen LogP contribution is 2.45. The zero-order valence-corrected chi connectivity index (χ0v) is 15.3. The fourth-order valence-electron chi connectivity index (χ4n) is 4.27. The van der Waals surface area contributed by atoms with E-state index in [1.807, 2.05) is 23.4 Å². The molecular formula is C19H29N3O3. The van der Waals surface area contributed by atoms with Gasteiger partial charge in [-0.15, -0.1) is 0 Å². The van der Waals surface area contributed by atoms with Crippen LogP contribution in [0.5, 0.6) is 0 Å². The highest BCUT2D eigenvalue weighted by Gasteiger charge is 2.52. The number of carbonyl (C=O) groups excluding carboxylic acids is 1. The van der Waals surface area contributed by atoms with Gasteiger partial charge in [0, 0.05) is 51.7 Å². The van der Waals surface area contributed by atoms with Crippen molar-refractivity contribution in [1.29, 1.82) is 0 Å². The first-order chi connectivity index (χ1) is 12.2. The number of hydrogen-bond acceptors (Lipinski definition) is 5. The molecule has 0 aliphatic carbocycles. The first-order valence-electron chi connectivity index (χ1n) is 9.06. The van der Waals surface area contributed by atoms with Crippen LogP contribution in [-0.2, 0) is 20.8 Å². The third-order valence-electron chi connectivity index (χ3n) is 5.73. The molecule has 3 heterocycles. The summed E-state index contributed by atoms with van der Waals surface area (Å²) in [6.45, 7) is 5.58. The van der Waals surface area contributed by atoms with Crippen molar-refractivity contribution in [3.8, 4) is 0 Å². The molecule has 6 nitrogen and oxygen atoms in total. The van der Waals surface area contributed by atoms with E-state index in [0.29, 0.717) is 19.8 Å². The van der Waals surface area contributed by atoms with Gasteiger partial charge in [0.05, 0.1) is 19.1 Å². The monoisotopic (exact) mass is 347 g/mol. The number of rotatable bonds is 7. The van der Waals surface area contributed by atoms with Gasteiger partial charge in [0.1, 0.15) is 0 Å². The third kappa shape index (κ3) is 4.02. The van der Waals surface area contributed by atoms with Crippen molar-refractivity contribution in [2.24, 2.45) is 11.3 Å². The highest BCUT2D eigenvalue weighted by molar-refractivity contribution is 5.82. The van der Waals surface area contributed by atoms with Crippen molar-refractivity contribution in [2.75, 3.05) is 53.6 Å². The van der Waals surface area contributed by atoms with Crippen LogP contribution in [0.25, 0.3) is 0 Å². The van der Waals surface area contributed by atoms with Gasteiger partial charge in [-0.1, -0.05) is 6.07 Å². The van der Waals surface area contributed by atoms with Crippen molar-refractivity contribution in [3.05, 3.63) is 30.1 Å². The van der Waals surface area contributed by atoms with Gasteiger partial charge < -0.3 is 14.4 Å². The highest BCUT2D eigenvalue weighted by atomic mass is 16.5. The number of hydrogen-bond donors (Lipinski definition) is 0. The Morgan fingerprint density at radius 1 is 1.28 bits per heavy atom. The Labute approximate surface area is 150 Å². The summed E-state index contributed by atoms with van der Waals surface area (Å²) in [4.78, 5) is 21.5. The fraction of sp³-hybridized carbons (Fsp3) is 0.684. The number of aromatic nitrogens is 1. The molecule has 0 aromatic carbocycles. The van der Waals surface area contributed by atoms with E-state index < -0.39 is 0 Å². The van der Waals surface area contributed by atoms with Crippen molar-refractivity contribution < 1.29 is 14.3 Å². The lowest BCUT2D eigenvalue weighted by Crippen LogP contribution is -2.45. The van der Waals surface area contributed by atoms with Gasteiger partial charge in [-0.2, -0.15) is 0 Å². The zero-order chi connectivity index (χ0) is 17.7. The summed E-state index contributed by atoms with van der Waals surface area (Å²) < 4.78 is 10.6. The molecule has 1 amide bonds. The predicted molar refractivity (Wildman–Crippen MR) is 95.0 cm³/mol. The predicted octanol–water partition coefficient (Wildman–Crippen LogP) is 1.41.